The van der Waals surface area contributed by atoms with Crippen LogP contribution in [0, 0.1) is 25.2 Å². The second-order valence-corrected chi connectivity index (χ2v) is 5.54. The number of benzene rings is 1. The third kappa shape index (κ3) is 2.82. The Balaban J connectivity index is 2.59. The summed E-state index contributed by atoms with van der Waals surface area (Å²) in [5, 5.41) is 13.7. The van der Waals surface area contributed by atoms with Crippen molar-refractivity contribution < 1.29 is 0 Å². The zero-order chi connectivity index (χ0) is 13.8. The molecule has 2 rings (SSSR count). The SMILES string of the molecule is CSCCNc1c(C#N)cnc2c(C)cc(C)cc12. The minimum atomic E-state index is 0.610. The summed E-state index contributed by atoms with van der Waals surface area (Å²) in [6.45, 7) is 4.97. The van der Waals surface area contributed by atoms with Crippen LogP contribution in [0.1, 0.15) is 16.7 Å². The van der Waals surface area contributed by atoms with Crippen LogP contribution in [0.3, 0.4) is 0 Å². The molecule has 0 radical (unpaired) electrons. The monoisotopic (exact) mass is 271 g/mol. The van der Waals surface area contributed by atoms with Gasteiger partial charge in [0.1, 0.15) is 6.07 Å². The maximum atomic E-state index is 9.24. The summed E-state index contributed by atoms with van der Waals surface area (Å²) in [7, 11) is 0. The Bertz CT molecular complexity index is 644. The van der Waals surface area contributed by atoms with Gasteiger partial charge in [-0.1, -0.05) is 11.6 Å². The molecule has 0 aliphatic heterocycles. The van der Waals surface area contributed by atoms with Crippen LogP contribution in [0.2, 0.25) is 0 Å². The smallest absolute Gasteiger partial charge is 0.103 e. The molecule has 1 aromatic carbocycles. The number of nitrogens with one attached hydrogen (secondary N) is 1. The lowest BCUT2D eigenvalue weighted by Gasteiger charge is -2.12. The van der Waals surface area contributed by atoms with Crippen LogP contribution >= 0.6 is 11.8 Å². The third-order valence-electron chi connectivity index (χ3n) is 3.03. The van der Waals surface area contributed by atoms with E-state index in [-0.39, 0.29) is 0 Å². The Morgan fingerprint density at radius 1 is 1.37 bits per heavy atom. The van der Waals surface area contributed by atoms with Crippen molar-refractivity contribution in [2.24, 2.45) is 0 Å². The highest BCUT2D eigenvalue weighted by atomic mass is 32.2. The zero-order valence-electron chi connectivity index (χ0n) is 11.4. The lowest BCUT2D eigenvalue weighted by Crippen LogP contribution is -2.07. The van der Waals surface area contributed by atoms with Gasteiger partial charge in [0.2, 0.25) is 0 Å². The van der Waals surface area contributed by atoms with Crippen molar-refractivity contribution in [2.75, 3.05) is 23.9 Å². The number of aryl methyl sites for hydroxylation is 2. The van der Waals surface area contributed by atoms with Crippen molar-refractivity contribution in [3.63, 3.8) is 0 Å². The summed E-state index contributed by atoms with van der Waals surface area (Å²) in [5.74, 6) is 1.01. The quantitative estimate of drug-likeness (QED) is 0.865. The van der Waals surface area contributed by atoms with Crippen molar-refractivity contribution in [3.8, 4) is 6.07 Å². The van der Waals surface area contributed by atoms with Crippen LogP contribution in [0.25, 0.3) is 10.9 Å². The number of thioether (sulfide) groups is 1. The normalized spacial score (nSPS) is 10.4. The van der Waals surface area contributed by atoms with Gasteiger partial charge < -0.3 is 5.32 Å². The van der Waals surface area contributed by atoms with Gasteiger partial charge in [-0.15, -0.1) is 0 Å². The number of nitriles is 1. The highest BCUT2D eigenvalue weighted by Crippen LogP contribution is 2.28. The molecule has 98 valence electrons. The van der Waals surface area contributed by atoms with Gasteiger partial charge in [0.25, 0.3) is 0 Å². The fourth-order valence-corrected chi connectivity index (χ4v) is 2.52. The summed E-state index contributed by atoms with van der Waals surface area (Å²) < 4.78 is 0. The van der Waals surface area contributed by atoms with E-state index in [9.17, 15) is 5.26 Å². The number of nitrogens with zero attached hydrogens (tertiary/aromatic N) is 2. The number of pyridine rings is 1. The highest BCUT2D eigenvalue weighted by molar-refractivity contribution is 7.98. The van der Waals surface area contributed by atoms with Gasteiger partial charge in [0.05, 0.1) is 16.8 Å². The second kappa shape index (κ2) is 5.94. The Morgan fingerprint density at radius 3 is 2.84 bits per heavy atom. The molecular formula is C15H17N3S. The number of hydrogen-bond acceptors (Lipinski definition) is 4. The van der Waals surface area contributed by atoms with Crippen molar-refractivity contribution in [1.82, 2.24) is 4.98 Å². The van der Waals surface area contributed by atoms with Gasteiger partial charge in [-0.05, 0) is 31.7 Å². The molecule has 2 aromatic rings. The maximum absolute atomic E-state index is 9.24. The average Bonchev–Trinajstić information content (AvgIpc) is 2.39. The number of rotatable bonds is 4. The molecule has 0 aliphatic carbocycles. The summed E-state index contributed by atoms with van der Waals surface area (Å²) in [6.07, 6.45) is 3.73. The number of aromatic nitrogens is 1. The van der Waals surface area contributed by atoms with E-state index < -0.39 is 0 Å². The first kappa shape index (κ1) is 13.7. The molecule has 0 aliphatic rings. The van der Waals surface area contributed by atoms with Crippen molar-refractivity contribution in [2.45, 2.75) is 13.8 Å². The van der Waals surface area contributed by atoms with Crippen LogP contribution < -0.4 is 5.32 Å². The van der Waals surface area contributed by atoms with Gasteiger partial charge in [-0.3, -0.25) is 4.98 Å². The zero-order valence-corrected chi connectivity index (χ0v) is 12.3. The van der Waals surface area contributed by atoms with E-state index in [1.54, 1.807) is 18.0 Å². The molecule has 0 atom stereocenters. The fraction of sp³-hybridized carbons (Fsp3) is 0.333. The predicted octanol–water partition coefficient (Wildman–Crippen LogP) is 3.50. The van der Waals surface area contributed by atoms with Gasteiger partial charge in [0.15, 0.2) is 0 Å². The van der Waals surface area contributed by atoms with Crippen LogP contribution in [0.15, 0.2) is 18.3 Å². The van der Waals surface area contributed by atoms with Gasteiger partial charge in [-0.25, -0.2) is 0 Å². The molecule has 1 N–H and O–H groups in total. The van der Waals surface area contributed by atoms with E-state index in [0.717, 1.165) is 34.5 Å². The fourth-order valence-electron chi connectivity index (χ4n) is 2.21. The Labute approximate surface area is 118 Å². The Morgan fingerprint density at radius 2 is 2.16 bits per heavy atom. The van der Waals surface area contributed by atoms with Crippen LogP contribution in [-0.4, -0.2) is 23.5 Å². The second-order valence-electron chi connectivity index (χ2n) is 4.56. The molecule has 0 saturated carbocycles. The summed E-state index contributed by atoms with van der Waals surface area (Å²) in [4.78, 5) is 4.41. The molecule has 0 saturated heterocycles. The number of fused-ring (bicyclic) bond motifs is 1. The van der Waals surface area contributed by atoms with Crippen molar-refractivity contribution in [1.29, 1.82) is 5.26 Å². The minimum absolute atomic E-state index is 0.610. The maximum Gasteiger partial charge on any atom is 0.103 e. The molecule has 0 bridgehead atoms. The molecule has 0 fully saturated rings. The van der Waals surface area contributed by atoms with Gasteiger partial charge in [-0.2, -0.15) is 17.0 Å². The largest absolute Gasteiger partial charge is 0.383 e. The van der Waals surface area contributed by atoms with Gasteiger partial charge >= 0.3 is 0 Å². The topological polar surface area (TPSA) is 48.7 Å². The molecule has 4 heteroatoms. The molecule has 0 amide bonds. The molecular weight excluding hydrogens is 254 g/mol. The Hall–Kier alpha value is -1.73. The summed E-state index contributed by atoms with van der Waals surface area (Å²) in [6, 6.07) is 6.43. The van der Waals surface area contributed by atoms with E-state index in [4.69, 9.17) is 0 Å². The van der Waals surface area contributed by atoms with Gasteiger partial charge in [0, 0.05) is 23.9 Å². The molecule has 1 heterocycles. The van der Waals surface area contributed by atoms with E-state index in [1.165, 1.54) is 5.56 Å². The van der Waals surface area contributed by atoms with Crippen molar-refractivity contribution >= 4 is 28.4 Å². The first-order valence-corrected chi connectivity index (χ1v) is 7.59. The standard InChI is InChI=1S/C15H17N3S/c1-10-6-11(2)14-13(7-10)15(17-4-5-19-3)12(8-16)9-18-14/h6-7,9H,4-5H2,1-3H3,(H,17,18). The molecule has 0 spiro atoms. The first-order chi connectivity index (χ1) is 9.17. The van der Waals surface area contributed by atoms with Crippen LogP contribution in [-0.2, 0) is 0 Å². The van der Waals surface area contributed by atoms with E-state index in [1.807, 2.05) is 0 Å². The molecule has 3 nitrogen and oxygen atoms in total. The molecule has 19 heavy (non-hydrogen) atoms. The summed E-state index contributed by atoms with van der Waals surface area (Å²) in [5.41, 5.74) is 4.82. The predicted molar refractivity (Wildman–Crippen MR) is 82.8 cm³/mol. The van der Waals surface area contributed by atoms with Crippen LogP contribution in [0.4, 0.5) is 5.69 Å². The van der Waals surface area contributed by atoms with Crippen molar-refractivity contribution in [3.05, 3.63) is 35.0 Å². The summed E-state index contributed by atoms with van der Waals surface area (Å²) >= 11 is 1.78. The number of hydrogen-bond donors (Lipinski definition) is 1. The van der Waals surface area contributed by atoms with Crippen LogP contribution in [0.5, 0.6) is 0 Å². The third-order valence-corrected chi connectivity index (χ3v) is 3.65. The lowest BCUT2D eigenvalue weighted by molar-refractivity contribution is 1.22. The first-order valence-electron chi connectivity index (χ1n) is 6.20. The minimum Gasteiger partial charge on any atom is -0.383 e. The van der Waals surface area contributed by atoms with E-state index in [2.05, 4.69) is 48.6 Å². The average molecular weight is 271 g/mol. The lowest BCUT2D eigenvalue weighted by atomic mass is 10.0. The van der Waals surface area contributed by atoms with E-state index in [0.29, 0.717) is 5.56 Å². The molecule has 1 aromatic heterocycles. The molecule has 0 unspecified atom stereocenters. The van der Waals surface area contributed by atoms with E-state index >= 15 is 0 Å². The highest BCUT2D eigenvalue weighted by Gasteiger charge is 2.10. The number of anilines is 1. The Kier molecular flexibility index (Phi) is 4.28.